The number of hydrogen-bond acceptors (Lipinski definition) is 4. The van der Waals surface area contributed by atoms with Crippen LogP contribution in [0.25, 0.3) is 11.8 Å². The number of fused-ring (bicyclic) bond motifs is 1. The number of carbonyl (C=O) groups excluding carboxylic acids is 1. The van der Waals surface area contributed by atoms with E-state index in [0.29, 0.717) is 10.2 Å². The standard InChI is InChI=1S/C24H26ClN5OS/c1-5-6-7-8-21-28-30-22(26)19(23(31)27-24(30)32-21)12-17-11-15(3)29(16(17)4)18-10-9-14(2)20(25)13-18/h9-13,26H,5-8H2,1-4H3/b19-12+,26-22?. The van der Waals surface area contributed by atoms with Gasteiger partial charge in [0.15, 0.2) is 5.84 Å². The molecule has 0 saturated carbocycles. The highest BCUT2D eigenvalue weighted by Gasteiger charge is 2.35. The molecule has 2 aromatic rings. The fourth-order valence-electron chi connectivity index (χ4n) is 3.87. The molecule has 166 valence electrons. The Balaban J connectivity index is 1.65. The average molecular weight is 468 g/mol. The molecule has 1 N–H and O–H groups in total. The second-order valence-corrected chi connectivity index (χ2v) is 9.51. The number of nitrogens with zero attached hydrogens (tertiary/aromatic N) is 4. The Kier molecular flexibility index (Phi) is 6.40. The zero-order chi connectivity index (χ0) is 23.0. The van der Waals surface area contributed by atoms with Crippen LogP contribution in [0, 0.1) is 26.2 Å². The zero-order valence-electron chi connectivity index (χ0n) is 18.7. The van der Waals surface area contributed by atoms with Crippen molar-refractivity contribution in [3.05, 3.63) is 57.4 Å². The molecule has 2 aliphatic rings. The molecule has 0 spiro atoms. The summed E-state index contributed by atoms with van der Waals surface area (Å²) in [5.41, 5.74) is 5.07. The number of hydrazone groups is 1. The fourth-order valence-corrected chi connectivity index (χ4v) is 4.97. The maximum Gasteiger partial charge on any atom is 0.283 e. The van der Waals surface area contributed by atoms with Gasteiger partial charge in [0.25, 0.3) is 5.91 Å². The van der Waals surface area contributed by atoms with Gasteiger partial charge in [-0.15, -0.1) is 0 Å². The number of rotatable bonds is 6. The lowest BCUT2D eigenvalue weighted by atomic mass is 10.1. The molecule has 0 radical (unpaired) electrons. The van der Waals surface area contributed by atoms with E-state index in [1.54, 1.807) is 6.08 Å². The summed E-state index contributed by atoms with van der Waals surface area (Å²) in [4.78, 5) is 17.0. The number of hydrogen-bond donors (Lipinski definition) is 1. The first-order valence-electron chi connectivity index (χ1n) is 10.7. The Morgan fingerprint density at radius 3 is 2.69 bits per heavy atom. The van der Waals surface area contributed by atoms with Crippen molar-refractivity contribution in [1.82, 2.24) is 9.58 Å². The van der Waals surface area contributed by atoms with Crippen molar-refractivity contribution in [2.24, 2.45) is 10.1 Å². The largest absolute Gasteiger partial charge is 0.318 e. The van der Waals surface area contributed by atoms with Gasteiger partial charge in [0.1, 0.15) is 5.04 Å². The molecular formula is C24H26ClN5OS. The molecule has 1 aromatic heterocycles. The van der Waals surface area contributed by atoms with Gasteiger partial charge in [0, 0.05) is 22.1 Å². The highest BCUT2D eigenvalue weighted by molar-refractivity contribution is 8.26. The maximum atomic E-state index is 12.8. The van der Waals surface area contributed by atoms with Crippen molar-refractivity contribution in [2.75, 3.05) is 0 Å². The number of nitrogens with one attached hydrogen (secondary N) is 1. The molecule has 1 amide bonds. The number of halogens is 1. The number of unbranched alkanes of at least 4 members (excludes halogenated alkanes) is 2. The van der Waals surface area contributed by atoms with Crippen LogP contribution in [0.1, 0.15) is 55.1 Å². The molecule has 0 bridgehead atoms. The monoisotopic (exact) mass is 467 g/mol. The number of thioether (sulfide) groups is 1. The number of amidine groups is 2. The smallest absolute Gasteiger partial charge is 0.283 e. The zero-order valence-corrected chi connectivity index (χ0v) is 20.3. The van der Waals surface area contributed by atoms with Gasteiger partial charge in [0.05, 0.1) is 5.57 Å². The molecule has 8 heteroatoms. The molecule has 32 heavy (non-hydrogen) atoms. The van der Waals surface area contributed by atoms with Gasteiger partial charge in [0.2, 0.25) is 5.17 Å². The minimum atomic E-state index is -0.401. The lowest BCUT2D eigenvalue weighted by molar-refractivity contribution is -0.114. The molecule has 6 nitrogen and oxygen atoms in total. The van der Waals surface area contributed by atoms with Gasteiger partial charge in [-0.1, -0.05) is 37.4 Å². The summed E-state index contributed by atoms with van der Waals surface area (Å²) < 4.78 is 2.10. The quantitative estimate of drug-likeness (QED) is 0.402. The summed E-state index contributed by atoms with van der Waals surface area (Å²) in [6, 6.07) is 7.97. The lowest BCUT2D eigenvalue weighted by Crippen LogP contribution is -2.35. The molecule has 0 aliphatic carbocycles. The molecule has 2 aliphatic heterocycles. The van der Waals surface area contributed by atoms with Gasteiger partial charge in [-0.25, -0.2) is 0 Å². The van der Waals surface area contributed by atoms with Crippen LogP contribution in [-0.2, 0) is 4.79 Å². The second-order valence-electron chi connectivity index (χ2n) is 8.07. The maximum absolute atomic E-state index is 12.8. The third-order valence-corrected chi connectivity index (χ3v) is 7.05. The van der Waals surface area contributed by atoms with Crippen molar-refractivity contribution in [1.29, 1.82) is 5.41 Å². The van der Waals surface area contributed by atoms with Crippen molar-refractivity contribution >= 4 is 51.4 Å². The molecule has 4 rings (SSSR count). The first-order valence-corrected chi connectivity index (χ1v) is 11.9. The van der Waals surface area contributed by atoms with E-state index in [9.17, 15) is 4.79 Å². The van der Waals surface area contributed by atoms with Crippen LogP contribution in [0.3, 0.4) is 0 Å². The van der Waals surface area contributed by atoms with E-state index in [-0.39, 0.29) is 11.4 Å². The fraction of sp³-hybridized carbons (Fsp3) is 0.333. The Hall–Kier alpha value is -2.64. The highest BCUT2D eigenvalue weighted by Crippen LogP contribution is 2.31. The summed E-state index contributed by atoms with van der Waals surface area (Å²) in [7, 11) is 0. The first kappa shape index (κ1) is 22.6. The van der Waals surface area contributed by atoms with E-state index < -0.39 is 5.91 Å². The summed E-state index contributed by atoms with van der Waals surface area (Å²) >= 11 is 7.73. The molecule has 0 saturated heterocycles. The van der Waals surface area contributed by atoms with Gasteiger partial charge in [-0.3, -0.25) is 10.2 Å². The van der Waals surface area contributed by atoms with Gasteiger partial charge in [-0.05, 0) is 80.8 Å². The summed E-state index contributed by atoms with van der Waals surface area (Å²) in [6.07, 6.45) is 5.90. The summed E-state index contributed by atoms with van der Waals surface area (Å²) in [6.45, 7) is 8.14. The predicted molar refractivity (Wildman–Crippen MR) is 134 cm³/mol. The summed E-state index contributed by atoms with van der Waals surface area (Å²) in [5, 5.41) is 16.7. The van der Waals surface area contributed by atoms with E-state index in [1.165, 1.54) is 16.8 Å². The summed E-state index contributed by atoms with van der Waals surface area (Å²) in [5.74, 6) is -0.330. The van der Waals surface area contributed by atoms with Crippen LogP contribution in [0.5, 0.6) is 0 Å². The van der Waals surface area contributed by atoms with Crippen LogP contribution >= 0.6 is 23.4 Å². The molecule has 0 atom stereocenters. The molecule has 3 heterocycles. The number of aliphatic imine (C=N–C) groups is 1. The van der Waals surface area contributed by atoms with E-state index in [1.807, 2.05) is 45.0 Å². The van der Waals surface area contributed by atoms with Crippen molar-refractivity contribution in [2.45, 2.75) is 53.4 Å². The minimum absolute atomic E-state index is 0.0705. The van der Waals surface area contributed by atoms with Crippen LogP contribution in [0.2, 0.25) is 5.02 Å². The normalized spacial score (nSPS) is 17.2. The third kappa shape index (κ3) is 4.19. The lowest BCUT2D eigenvalue weighted by Gasteiger charge is -2.20. The van der Waals surface area contributed by atoms with Crippen molar-refractivity contribution in [3.63, 3.8) is 0 Å². The number of aromatic nitrogens is 1. The number of carbonyl (C=O) groups is 1. The number of aryl methyl sites for hydroxylation is 2. The van der Waals surface area contributed by atoms with Crippen LogP contribution in [0.4, 0.5) is 0 Å². The van der Waals surface area contributed by atoms with E-state index in [0.717, 1.165) is 58.9 Å². The molecule has 0 fully saturated rings. The number of benzene rings is 1. The molecule has 0 unspecified atom stereocenters. The first-order chi connectivity index (χ1) is 15.3. The predicted octanol–water partition coefficient (Wildman–Crippen LogP) is 6.26. The van der Waals surface area contributed by atoms with E-state index in [2.05, 4.69) is 21.6 Å². The van der Waals surface area contributed by atoms with Gasteiger partial charge in [-0.2, -0.15) is 15.1 Å². The molecule has 1 aromatic carbocycles. The third-order valence-electron chi connectivity index (χ3n) is 5.67. The average Bonchev–Trinajstić information content (AvgIpc) is 3.27. The van der Waals surface area contributed by atoms with E-state index >= 15 is 0 Å². The molecular weight excluding hydrogens is 442 g/mol. The Bertz CT molecular complexity index is 1210. The Morgan fingerprint density at radius 2 is 1.97 bits per heavy atom. The van der Waals surface area contributed by atoms with Crippen molar-refractivity contribution in [3.8, 4) is 5.69 Å². The Morgan fingerprint density at radius 1 is 1.19 bits per heavy atom. The van der Waals surface area contributed by atoms with Crippen LogP contribution in [-0.4, -0.2) is 31.5 Å². The SMILES string of the molecule is CCCCCC1=NN2C(=N)/C(=C\c3cc(C)n(-c4ccc(C)c(Cl)c4)c3C)C(=O)N=C2S1. The van der Waals surface area contributed by atoms with E-state index in [4.69, 9.17) is 17.0 Å². The van der Waals surface area contributed by atoms with Gasteiger partial charge < -0.3 is 4.57 Å². The minimum Gasteiger partial charge on any atom is -0.318 e. The van der Waals surface area contributed by atoms with Gasteiger partial charge >= 0.3 is 0 Å². The highest BCUT2D eigenvalue weighted by atomic mass is 35.5. The number of amides is 1. The Labute approximate surface area is 197 Å². The van der Waals surface area contributed by atoms with Crippen LogP contribution in [0.15, 0.2) is 39.9 Å². The van der Waals surface area contributed by atoms with Crippen molar-refractivity contribution < 1.29 is 4.79 Å². The topological polar surface area (TPSA) is 73.8 Å². The van der Waals surface area contributed by atoms with Crippen LogP contribution < -0.4 is 0 Å². The second kappa shape index (κ2) is 9.08.